The van der Waals surface area contributed by atoms with E-state index in [0.717, 1.165) is 28.1 Å². The largest absolute Gasteiger partial charge is 0.462 e. The number of pyridine rings is 2. The smallest absolute Gasteiger partial charge is 0.341 e. The highest BCUT2D eigenvalue weighted by atomic mass is 16.5. The molecule has 0 saturated heterocycles. The summed E-state index contributed by atoms with van der Waals surface area (Å²) in [5.74, 6) is -0.419. The van der Waals surface area contributed by atoms with E-state index < -0.39 is 5.97 Å². The molecule has 0 fully saturated rings. The number of esters is 1. The van der Waals surface area contributed by atoms with Crippen LogP contribution >= 0.6 is 0 Å². The summed E-state index contributed by atoms with van der Waals surface area (Å²) in [5.41, 5.74) is 5.27. The Labute approximate surface area is 175 Å². The van der Waals surface area contributed by atoms with Gasteiger partial charge >= 0.3 is 5.97 Å². The zero-order chi connectivity index (χ0) is 20.9. The summed E-state index contributed by atoms with van der Waals surface area (Å²) < 4.78 is 5.22. The number of ether oxygens (including phenoxy) is 1. The zero-order valence-electron chi connectivity index (χ0n) is 16.8. The maximum absolute atomic E-state index is 12.5. The van der Waals surface area contributed by atoms with Crippen molar-refractivity contribution in [3.05, 3.63) is 84.2 Å². The number of carbonyl (C=O) groups is 1. The molecule has 0 unspecified atom stereocenters. The summed E-state index contributed by atoms with van der Waals surface area (Å²) in [7, 11) is 0. The molecule has 2 aromatic heterocycles. The van der Waals surface area contributed by atoms with Gasteiger partial charge in [0.2, 0.25) is 0 Å². The van der Waals surface area contributed by atoms with Crippen molar-refractivity contribution in [2.45, 2.75) is 13.8 Å². The summed E-state index contributed by atoms with van der Waals surface area (Å²) in [6.07, 6.45) is 1.51. The topological polar surface area (TPSA) is 76.1 Å². The number of para-hydroxylation sites is 1. The molecule has 30 heavy (non-hydrogen) atoms. The first-order valence-corrected chi connectivity index (χ1v) is 9.76. The van der Waals surface area contributed by atoms with E-state index in [4.69, 9.17) is 4.74 Å². The Morgan fingerprint density at radius 3 is 2.27 bits per heavy atom. The second kappa shape index (κ2) is 8.61. The van der Waals surface area contributed by atoms with Crippen molar-refractivity contribution >= 4 is 39.8 Å². The van der Waals surface area contributed by atoms with E-state index in [0.29, 0.717) is 23.5 Å². The van der Waals surface area contributed by atoms with E-state index in [9.17, 15) is 4.79 Å². The van der Waals surface area contributed by atoms with E-state index in [2.05, 4.69) is 20.6 Å². The number of aromatic nitrogens is 2. The minimum absolute atomic E-state index is 0.294. The van der Waals surface area contributed by atoms with Crippen LogP contribution in [-0.4, -0.2) is 22.5 Å². The van der Waals surface area contributed by atoms with Crippen LogP contribution in [0.5, 0.6) is 0 Å². The molecule has 0 aliphatic heterocycles. The number of anilines is 4. The zero-order valence-corrected chi connectivity index (χ0v) is 16.8. The molecule has 4 rings (SSSR count). The molecule has 0 atom stereocenters. The first-order valence-electron chi connectivity index (χ1n) is 9.76. The summed E-state index contributed by atoms with van der Waals surface area (Å²) in [4.78, 5) is 21.3. The summed E-state index contributed by atoms with van der Waals surface area (Å²) in [6.45, 7) is 3.98. The van der Waals surface area contributed by atoms with Gasteiger partial charge in [-0.05, 0) is 62.4 Å². The molecule has 2 heterocycles. The van der Waals surface area contributed by atoms with Gasteiger partial charge in [0.25, 0.3) is 0 Å². The van der Waals surface area contributed by atoms with Gasteiger partial charge in [0, 0.05) is 34.3 Å². The monoisotopic (exact) mass is 398 g/mol. The second-order valence-corrected chi connectivity index (χ2v) is 6.78. The molecule has 0 spiro atoms. The van der Waals surface area contributed by atoms with Gasteiger partial charge in [-0.25, -0.2) is 14.8 Å². The third-order valence-corrected chi connectivity index (χ3v) is 4.58. The van der Waals surface area contributed by atoms with Crippen LogP contribution in [0.4, 0.5) is 22.7 Å². The molecule has 2 aromatic carbocycles. The molecule has 0 bridgehead atoms. The maximum atomic E-state index is 12.5. The molecule has 6 nitrogen and oxygen atoms in total. The van der Waals surface area contributed by atoms with E-state index in [1.54, 1.807) is 6.92 Å². The lowest BCUT2D eigenvalue weighted by atomic mass is 10.1. The third kappa shape index (κ3) is 4.22. The van der Waals surface area contributed by atoms with Crippen LogP contribution in [0.3, 0.4) is 0 Å². The minimum atomic E-state index is -0.419. The lowest BCUT2D eigenvalue weighted by molar-refractivity contribution is 0.0527. The number of benzene rings is 2. The van der Waals surface area contributed by atoms with E-state index in [1.165, 1.54) is 6.20 Å². The number of fused-ring (bicyclic) bond motifs is 1. The van der Waals surface area contributed by atoms with Crippen LogP contribution in [0.2, 0.25) is 0 Å². The molecule has 0 radical (unpaired) electrons. The Bertz CT molecular complexity index is 1180. The molecule has 4 aromatic rings. The first-order chi connectivity index (χ1) is 14.6. The highest BCUT2D eigenvalue weighted by Gasteiger charge is 2.17. The van der Waals surface area contributed by atoms with Gasteiger partial charge in [-0.15, -0.1) is 0 Å². The van der Waals surface area contributed by atoms with E-state index >= 15 is 0 Å². The maximum Gasteiger partial charge on any atom is 0.341 e. The molecule has 0 saturated carbocycles. The van der Waals surface area contributed by atoms with E-state index in [1.807, 2.05) is 73.7 Å². The van der Waals surface area contributed by atoms with Gasteiger partial charge in [-0.2, -0.15) is 0 Å². The predicted molar refractivity (Wildman–Crippen MR) is 120 cm³/mol. The SMILES string of the molecule is CCOC(=O)c1cnc2nc(C)ccc2c1Nc1ccc(Nc2ccccc2)cc1. The number of hydrogen-bond acceptors (Lipinski definition) is 6. The van der Waals surface area contributed by atoms with Crippen molar-refractivity contribution in [3.8, 4) is 0 Å². The average molecular weight is 398 g/mol. The number of rotatable bonds is 6. The van der Waals surface area contributed by atoms with Crippen LogP contribution in [0.15, 0.2) is 72.9 Å². The standard InChI is InChI=1S/C24H22N4O2/c1-3-30-24(29)21-15-25-23-20(14-9-16(2)26-23)22(21)28-19-12-10-18(11-13-19)27-17-7-5-4-6-8-17/h4-15,27H,3H2,1-2H3,(H,25,26,28). The Kier molecular flexibility index (Phi) is 5.57. The quantitative estimate of drug-likeness (QED) is 0.412. The third-order valence-electron chi connectivity index (χ3n) is 4.58. The Balaban J connectivity index is 1.66. The van der Waals surface area contributed by atoms with Crippen LogP contribution in [0, 0.1) is 6.92 Å². The van der Waals surface area contributed by atoms with Gasteiger partial charge in [0.15, 0.2) is 5.65 Å². The van der Waals surface area contributed by atoms with E-state index in [-0.39, 0.29) is 0 Å². The summed E-state index contributed by atoms with van der Waals surface area (Å²) in [6, 6.07) is 21.6. The summed E-state index contributed by atoms with van der Waals surface area (Å²) >= 11 is 0. The van der Waals surface area contributed by atoms with Crippen molar-refractivity contribution in [1.82, 2.24) is 9.97 Å². The van der Waals surface area contributed by atoms with Gasteiger partial charge in [-0.3, -0.25) is 0 Å². The van der Waals surface area contributed by atoms with Crippen molar-refractivity contribution < 1.29 is 9.53 Å². The van der Waals surface area contributed by atoms with Crippen LogP contribution in [0.25, 0.3) is 11.0 Å². The van der Waals surface area contributed by atoms with Crippen LogP contribution in [-0.2, 0) is 4.74 Å². The number of nitrogens with zero attached hydrogens (tertiary/aromatic N) is 2. The molecular weight excluding hydrogens is 376 g/mol. The Morgan fingerprint density at radius 1 is 0.900 bits per heavy atom. The first kappa shape index (κ1) is 19.4. The lowest BCUT2D eigenvalue weighted by Crippen LogP contribution is -2.09. The van der Waals surface area contributed by atoms with Crippen molar-refractivity contribution in [2.24, 2.45) is 0 Å². The molecule has 0 aliphatic rings. The highest BCUT2D eigenvalue weighted by Crippen LogP contribution is 2.30. The molecule has 0 amide bonds. The van der Waals surface area contributed by atoms with Gasteiger partial charge in [-0.1, -0.05) is 18.2 Å². The minimum Gasteiger partial charge on any atom is -0.462 e. The van der Waals surface area contributed by atoms with Crippen LogP contribution < -0.4 is 10.6 Å². The highest BCUT2D eigenvalue weighted by molar-refractivity contribution is 6.05. The fourth-order valence-electron chi connectivity index (χ4n) is 3.14. The molecule has 150 valence electrons. The number of aryl methyl sites for hydroxylation is 1. The molecule has 2 N–H and O–H groups in total. The Hall–Kier alpha value is -3.93. The predicted octanol–water partition coefficient (Wildman–Crippen LogP) is 5.60. The van der Waals surface area contributed by atoms with Gasteiger partial charge < -0.3 is 15.4 Å². The van der Waals surface area contributed by atoms with Gasteiger partial charge in [0.05, 0.1) is 12.3 Å². The fraction of sp³-hybridized carbons (Fsp3) is 0.125. The molecule has 0 aliphatic carbocycles. The number of nitrogens with one attached hydrogen (secondary N) is 2. The normalized spacial score (nSPS) is 10.6. The summed E-state index contributed by atoms with van der Waals surface area (Å²) in [5, 5.41) is 7.47. The van der Waals surface area contributed by atoms with Crippen molar-refractivity contribution in [3.63, 3.8) is 0 Å². The molecule has 6 heteroatoms. The average Bonchev–Trinajstić information content (AvgIpc) is 2.76. The van der Waals surface area contributed by atoms with Crippen molar-refractivity contribution in [1.29, 1.82) is 0 Å². The molecular formula is C24H22N4O2. The number of hydrogen-bond donors (Lipinski definition) is 2. The lowest BCUT2D eigenvalue weighted by Gasteiger charge is -2.14. The Morgan fingerprint density at radius 2 is 1.57 bits per heavy atom. The van der Waals surface area contributed by atoms with Crippen molar-refractivity contribution in [2.75, 3.05) is 17.2 Å². The number of carbonyl (C=O) groups excluding carboxylic acids is 1. The van der Waals surface area contributed by atoms with Gasteiger partial charge in [0.1, 0.15) is 5.56 Å². The van der Waals surface area contributed by atoms with Crippen LogP contribution in [0.1, 0.15) is 23.0 Å². The second-order valence-electron chi connectivity index (χ2n) is 6.78. The fourth-order valence-corrected chi connectivity index (χ4v) is 3.14.